The van der Waals surface area contributed by atoms with E-state index in [0.717, 1.165) is 45.1 Å². The van der Waals surface area contributed by atoms with Crippen molar-refractivity contribution in [3.63, 3.8) is 0 Å². The average molecular weight is 234 g/mol. The number of nitrogens with one attached hydrogen (secondary N) is 1. The molecule has 0 atom stereocenters. The van der Waals surface area contributed by atoms with E-state index in [1.54, 1.807) is 0 Å². The molecular formula is C14H22N2O. The first-order valence-corrected chi connectivity index (χ1v) is 6.86. The number of rotatable bonds is 4. The van der Waals surface area contributed by atoms with Crippen LogP contribution < -0.4 is 5.32 Å². The van der Waals surface area contributed by atoms with E-state index < -0.39 is 5.41 Å². The zero-order valence-electron chi connectivity index (χ0n) is 10.7. The van der Waals surface area contributed by atoms with Crippen LogP contribution in [0.3, 0.4) is 0 Å². The highest BCUT2D eigenvalue weighted by Gasteiger charge is 2.44. The van der Waals surface area contributed by atoms with Crippen molar-refractivity contribution in [2.24, 2.45) is 10.8 Å². The van der Waals surface area contributed by atoms with Gasteiger partial charge in [0.05, 0.1) is 6.07 Å². The summed E-state index contributed by atoms with van der Waals surface area (Å²) >= 11 is 0. The highest BCUT2D eigenvalue weighted by Crippen LogP contribution is 2.48. The molecule has 94 valence electrons. The molecule has 2 saturated carbocycles. The van der Waals surface area contributed by atoms with E-state index in [9.17, 15) is 10.1 Å². The van der Waals surface area contributed by atoms with Crippen molar-refractivity contribution in [3.8, 4) is 6.07 Å². The quantitative estimate of drug-likeness (QED) is 0.813. The molecule has 3 heteroatoms. The van der Waals surface area contributed by atoms with Crippen LogP contribution in [0.25, 0.3) is 0 Å². The molecule has 0 heterocycles. The van der Waals surface area contributed by atoms with E-state index in [0.29, 0.717) is 5.41 Å². The summed E-state index contributed by atoms with van der Waals surface area (Å²) in [5, 5.41) is 12.3. The Bertz CT molecular complexity index is 333. The summed E-state index contributed by atoms with van der Waals surface area (Å²) < 4.78 is 0. The number of carbonyl (C=O) groups is 1. The van der Waals surface area contributed by atoms with Crippen molar-refractivity contribution in [1.29, 1.82) is 5.26 Å². The molecule has 1 N–H and O–H groups in total. The molecule has 0 aliphatic heterocycles. The second kappa shape index (κ2) is 4.68. The molecule has 2 aliphatic carbocycles. The SMILES string of the molecule is CCC1(CNC(=O)C2(C#N)CCCCC2)CC1. The lowest BCUT2D eigenvalue weighted by atomic mass is 9.74. The Morgan fingerprint density at radius 1 is 1.24 bits per heavy atom. The van der Waals surface area contributed by atoms with Crippen LogP contribution >= 0.6 is 0 Å². The van der Waals surface area contributed by atoms with E-state index in [2.05, 4.69) is 18.3 Å². The Morgan fingerprint density at radius 2 is 1.88 bits per heavy atom. The molecular weight excluding hydrogens is 212 g/mol. The van der Waals surface area contributed by atoms with Crippen LogP contribution in [0.1, 0.15) is 58.3 Å². The van der Waals surface area contributed by atoms with Crippen molar-refractivity contribution in [2.45, 2.75) is 58.3 Å². The van der Waals surface area contributed by atoms with Crippen LogP contribution in [0.4, 0.5) is 0 Å². The Kier molecular flexibility index (Phi) is 3.42. The number of hydrogen-bond donors (Lipinski definition) is 1. The summed E-state index contributed by atoms with van der Waals surface area (Å²) in [5.41, 5.74) is -0.358. The van der Waals surface area contributed by atoms with Crippen molar-refractivity contribution in [2.75, 3.05) is 6.54 Å². The lowest BCUT2D eigenvalue weighted by Crippen LogP contribution is -2.43. The normalized spacial score (nSPS) is 24.7. The van der Waals surface area contributed by atoms with Crippen molar-refractivity contribution in [3.05, 3.63) is 0 Å². The van der Waals surface area contributed by atoms with E-state index in [4.69, 9.17) is 0 Å². The molecule has 0 bridgehead atoms. The van der Waals surface area contributed by atoms with Crippen LogP contribution in [-0.4, -0.2) is 12.5 Å². The predicted molar refractivity (Wildman–Crippen MR) is 66.1 cm³/mol. The van der Waals surface area contributed by atoms with Crippen LogP contribution in [0.15, 0.2) is 0 Å². The average Bonchev–Trinajstić information content (AvgIpc) is 3.17. The topological polar surface area (TPSA) is 52.9 Å². The first kappa shape index (κ1) is 12.4. The fourth-order valence-corrected chi connectivity index (χ4v) is 2.81. The Hall–Kier alpha value is -1.04. The largest absolute Gasteiger partial charge is 0.354 e. The van der Waals surface area contributed by atoms with Crippen LogP contribution in [-0.2, 0) is 4.79 Å². The number of nitrogens with zero attached hydrogens (tertiary/aromatic N) is 1. The summed E-state index contributed by atoms with van der Waals surface area (Å²) in [4.78, 5) is 12.2. The fraction of sp³-hybridized carbons (Fsp3) is 0.857. The van der Waals surface area contributed by atoms with Gasteiger partial charge in [0, 0.05) is 6.54 Å². The van der Waals surface area contributed by atoms with Crippen molar-refractivity contribution in [1.82, 2.24) is 5.32 Å². The summed E-state index contributed by atoms with van der Waals surface area (Å²) in [6.45, 7) is 2.95. The maximum Gasteiger partial charge on any atom is 0.240 e. The first-order valence-electron chi connectivity index (χ1n) is 6.86. The third-order valence-corrected chi connectivity index (χ3v) is 4.69. The Labute approximate surface area is 104 Å². The summed E-state index contributed by atoms with van der Waals surface area (Å²) in [7, 11) is 0. The number of amides is 1. The molecule has 0 aromatic rings. The van der Waals surface area contributed by atoms with Gasteiger partial charge in [-0.05, 0) is 37.5 Å². The van der Waals surface area contributed by atoms with Crippen molar-refractivity contribution >= 4 is 5.91 Å². The summed E-state index contributed by atoms with van der Waals surface area (Å²) in [6, 6.07) is 2.28. The van der Waals surface area contributed by atoms with Gasteiger partial charge in [-0.3, -0.25) is 4.79 Å². The van der Waals surface area contributed by atoms with Gasteiger partial charge in [-0.2, -0.15) is 5.26 Å². The van der Waals surface area contributed by atoms with Crippen LogP contribution in [0.5, 0.6) is 0 Å². The minimum absolute atomic E-state index is 0.0144. The lowest BCUT2D eigenvalue weighted by molar-refractivity contribution is -0.129. The first-order chi connectivity index (χ1) is 8.16. The molecule has 3 nitrogen and oxygen atoms in total. The second-order valence-electron chi connectivity index (χ2n) is 5.79. The smallest absolute Gasteiger partial charge is 0.240 e. The summed E-state index contributed by atoms with van der Waals surface area (Å²) in [6.07, 6.45) is 8.26. The lowest BCUT2D eigenvalue weighted by Gasteiger charge is -2.29. The van der Waals surface area contributed by atoms with Gasteiger partial charge < -0.3 is 5.32 Å². The number of hydrogen-bond acceptors (Lipinski definition) is 2. The fourth-order valence-electron chi connectivity index (χ4n) is 2.81. The third-order valence-electron chi connectivity index (χ3n) is 4.69. The molecule has 1 amide bonds. The Balaban J connectivity index is 1.91. The van der Waals surface area contributed by atoms with Gasteiger partial charge in [0.15, 0.2) is 0 Å². The number of nitriles is 1. The van der Waals surface area contributed by atoms with E-state index in [1.165, 1.54) is 12.8 Å². The minimum atomic E-state index is -0.720. The zero-order valence-corrected chi connectivity index (χ0v) is 10.7. The van der Waals surface area contributed by atoms with Crippen LogP contribution in [0.2, 0.25) is 0 Å². The maximum absolute atomic E-state index is 12.2. The molecule has 2 aliphatic rings. The van der Waals surface area contributed by atoms with E-state index in [1.807, 2.05) is 0 Å². The third kappa shape index (κ3) is 2.46. The molecule has 0 radical (unpaired) electrons. The second-order valence-corrected chi connectivity index (χ2v) is 5.79. The van der Waals surface area contributed by atoms with Gasteiger partial charge >= 0.3 is 0 Å². The standard InChI is InChI=1S/C14H22N2O/c1-2-13(8-9-13)11-16-12(17)14(10-15)6-4-3-5-7-14/h2-9,11H2,1H3,(H,16,17). The molecule has 0 saturated heterocycles. The van der Waals surface area contributed by atoms with E-state index >= 15 is 0 Å². The minimum Gasteiger partial charge on any atom is -0.354 e. The highest BCUT2D eigenvalue weighted by molar-refractivity contribution is 5.85. The Morgan fingerprint density at radius 3 is 2.35 bits per heavy atom. The molecule has 0 aromatic heterocycles. The molecule has 0 spiro atoms. The predicted octanol–water partition coefficient (Wildman–Crippen LogP) is 2.77. The molecule has 0 unspecified atom stereocenters. The molecule has 2 fully saturated rings. The molecule has 0 aromatic carbocycles. The van der Waals surface area contributed by atoms with Crippen molar-refractivity contribution < 1.29 is 4.79 Å². The van der Waals surface area contributed by atoms with Gasteiger partial charge in [0.25, 0.3) is 0 Å². The molecule has 2 rings (SSSR count). The van der Waals surface area contributed by atoms with Gasteiger partial charge in [-0.1, -0.05) is 26.2 Å². The van der Waals surface area contributed by atoms with E-state index in [-0.39, 0.29) is 5.91 Å². The monoisotopic (exact) mass is 234 g/mol. The van der Waals surface area contributed by atoms with Gasteiger partial charge in [0.1, 0.15) is 5.41 Å². The molecule has 17 heavy (non-hydrogen) atoms. The van der Waals surface area contributed by atoms with Gasteiger partial charge in [0.2, 0.25) is 5.91 Å². The van der Waals surface area contributed by atoms with Gasteiger partial charge in [-0.15, -0.1) is 0 Å². The van der Waals surface area contributed by atoms with Gasteiger partial charge in [-0.25, -0.2) is 0 Å². The maximum atomic E-state index is 12.2. The zero-order chi connectivity index (χ0) is 12.4. The number of carbonyl (C=O) groups excluding carboxylic acids is 1. The van der Waals surface area contributed by atoms with Crippen LogP contribution in [0, 0.1) is 22.2 Å². The summed E-state index contributed by atoms with van der Waals surface area (Å²) in [5.74, 6) is -0.0144. The highest BCUT2D eigenvalue weighted by atomic mass is 16.2.